The van der Waals surface area contributed by atoms with Gasteiger partial charge in [-0.1, -0.05) is 48.5 Å². The molecule has 1 amide bonds. The average molecular weight is 377 g/mol. The van der Waals surface area contributed by atoms with Crippen LogP contribution >= 0.6 is 11.8 Å². The highest BCUT2D eigenvalue weighted by atomic mass is 32.2. The zero-order valence-electron chi connectivity index (χ0n) is 15.6. The number of carbonyl (C=O) groups is 1. The van der Waals surface area contributed by atoms with Gasteiger partial charge in [0, 0.05) is 35.9 Å². The van der Waals surface area contributed by atoms with Gasteiger partial charge >= 0.3 is 0 Å². The second-order valence-corrected chi connectivity index (χ2v) is 7.97. The van der Waals surface area contributed by atoms with Crippen molar-refractivity contribution in [2.45, 2.75) is 19.1 Å². The summed E-state index contributed by atoms with van der Waals surface area (Å²) >= 11 is 1.70. The van der Waals surface area contributed by atoms with Crippen molar-refractivity contribution in [3.8, 4) is 0 Å². The minimum atomic E-state index is 0.236. The molecule has 0 bridgehead atoms. The molecule has 0 saturated carbocycles. The standard InChI is InChI=1S/C23H24N2OS/c1-17-6-2-3-7-20(17)18-10-12-25(13-11-18)23(26)16-27-15-19-14-24-22-9-5-4-8-21(19)22/h2-10,14,24H,11-13,15-16H2,1H3. The van der Waals surface area contributed by atoms with Crippen molar-refractivity contribution in [1.82, 2.24) is 9.88 Å². The molecule has 0 radical (unpaired) electrons. The summed E-state index contributed by atoms with van der Waals surface area (Å²) in [5.41, 5.74) is 6.41. The lowest BCUT2D eigenvalue weighted by molar-refractivity contribution is -0.127. The SMILES string of the molecule is Cc1ccccc1C1=CCN(C(=O)CSCc2c[nH]c3ccccc23)CC1. The summed E-state index contributed by atoms with van der Waals surface area (Å²) in [7, 11) is 0. The van der Waals surface area contributed by atoms with Crippen molar-refractivity contribution >= 4 is 34.1 Å². The summed E-state index contributed by atoms with van der Waals surface area (Å²) in [4.78, 5) is 17.8. The van der Waals surface area contributed by atoms with E-state index in [1.54, 1.807) is 11.8 Å². The second kappa shape index (κ2) is 8.05. The molecule has 0 atom stereocenters. The van der Waals surface area contributed by atoms with Gasteiger partial charge in [0.05, 0.1) is 5.75 Å². The number of aryl methyl sites for hydroxylation is 1. The molecule has 0 saturated heterocycles. The minimum absolute atomic E-state index is 0.236. The normalized spacial score (nSPS) is 14.4. The smallest absolute Gasteiger partial charge is 0.232 e. The summed E-state index contributed by atoms with van der Waals surface area (Å²) in [6.07, 6.45) is 5.21. The van der Waals surface area contributed by atoms with E-state index in [1.165, 1.54) is 27.6 Å². The topological polar surface area (TPSA) is 36.1 Å². The summed E-state index contributed by atoms with van der Waals surface area (Å²) in [5.74, 6) is 1.63. The van der Waals surface area contributed by atoms with Gasteiger partial charge in [0.2, 0.25) is 5.91 Å². The van der Waals surface area contributed by atoms with E-state index in [-0.39, 0.29) is 5.91 Å². The number of amides is 1. The van der Waals surface area contributed by atoms with Gasteiger partial charge in [0.1, 0.15) is 0 Å². The van der Waals surface area contributed by atoms with Crippen LogP contribution in [0.25, 0.3) is 16.5 Å². The van der Waals surface area contributed by atoms with E-state index in [0.717, 1.165) is 30.8 Å². The third-order valence-corrected chi connectivity index (χ3v) is 6.18. The molecule has 1 N–H and O–H groups in total. The number of benzene rings is 2. The predicted molar refractivity (Wildman–Crippen MR) is 115 cm³/mol. The van der Waals surface area contributed by atoms with Crippen LogP contribution in [0.2, 0.25) is 0 Å². The molecule has 4 rings (SSSR count). The van der Waals surface area contributed by atoms with Crippen molar-refractivity contribution in [3.05, 3.63) is 77.5 Å². The fraction of sp³-hybridized carbons (Fsp3) is 0.261. The summed E-state index contributed by atoms with van der Waals surface area (Å²) < 4.78 is 0. The molecular formula is C23H24N2OS. The van der Waals surface area contributed by atoms with E-state index in [1.807, 2.05) is 11.0 Å². The van der Waals surface area contributed by atoms with Crippen LogP contribution in [0, 0.1) is 6.92 Å². The minimum Gasteiger partial charge on any atom is -0.361 e. The number of nitrogens with zero attached hydrogens (tertiary/aromatic N) is 1. The van der Waals surface area contributed by atoms with E-state index < -0.39 is 0 Å². The number of nitrogens with one attached hydrogen (secondary N) is 1. The van der Waals surface area contributed by atoms with Gasteiger partial charge in [-0.3, -0.25) is 4.79 Å². The summed E-state index contributed by atoms with van der Waals surface area (Å²) in [6, 6.07) is 16.8. The van der Waals surface area contributed by atoms with Crippen molar-refractivity contribution < 1.29 is 4.79 Å². The Kier molecular flexibility index (Phi) is 5.35. The Bertz CT molecular complexity index is 989. The fourth-order valence-electron chi connectivity index (χ4n) is 3.66. The number of hydrogen-bond acceptors (Lipinski definition) is 2. The van der Waals surface area contributed by atoms with Crippen molar-refractivity contribution in [3.63, 3.8) is 0 Å². The number of carbonyl (C=O) groups excluding carboxylic acids is 1. The molecule has 3 nitrogen and oxygen atoms in total. The maximum absolute atomic E-state index is 12.6. The van der Waals surface area contributed by atoms with Crippen LogP contribution in [-0.4, -0.2) is 34.6 Å². The lowest BCUT2D eigenvalue weighted by Gasteiger charge is -2.27. The maximum atomic E-state index is 12.6. The quantitative estimate of drug-likeness (QED) is 0.678. The molecule has 1 aliphatic rings. The predicted octanol–water partition coefficient (Wildman–Crippen LogP) is 5.03. The first-order valence-electron chi connectivity index (χ1n) is 9.38. The van der Waals surface area contributed by atoms with Crippen LogP contribution in [0.5, 0.6) is 0 Å². The molecule has 2 aromatic carbocycles. The number of aromatic amines is 1. The zero-order valence-corrected chi connectivity index (χ0v) is 16.4. The fourth-order valence-corrected chi connectivity index (χ4v) is 4.58. The van der Waals surface area contributed by atoms with Crippen LogP contribution in [-0.2, 0) is 10.5 Å². The number of thioether (sulfide) groups is 1. The van der Waals surface area contributed by atoms with E-state index in [4.69, 9.17) is 0 Å². The van der Waals surface area contributed by atoms with Gasteiger partial charge in [0.15, 0.2) is 0 Å². The second-order valence-electron chi connectivity index (χ2n) is 6.99. The van der Waals surface area contributed by atoms with E-state index >= 15 is 0 Å². The molecule has 1 aliphatic heterocycles. The Morgan fingerprint density at radius 1 is 1.15 bits per heavy atom. The number of hydrogen-bond donors (Lipinski definition) is 1. The first kappa shape index (κ1) is 17.9. The molecule has 0 spiro atoms. The first-order valence-corrected chi connectivity index (χ1v) is 10.5. The van der Waals surface area contributed by atoms with Crippen LogP contribution in [0.4, 0.5) is 0 Å². The molecule has 0 aliphatic carbocycles. The lowest BCUT2D eigenvalue weighted by Crippen LogP contribution is -2.35. The average Bonchev–Trinajstić information content (AvgIpc) is 3.12. The van der Waals surface area contributed by atoms with E-state index in [9.17, 15) is 4.79 Å². The summed E-state index contributed by atoms with van der Waals surface area (Å²) in [5, 5.41) is 1.25. The Morgan fingerprint density at radius 2 is 1.96 bits per heavy atom. The summed E-state index contributed by atoms with van der Waals surface area (Å²) in [6.45, 7) is 3.68. The first-order chi connectivity index (χ1) is 13.2. The zero-order chi connectivity index (χ0) is 18.6. The van der Waals surface area contributed by atoms with Crippen molar-refractivity contribution in [2.75, 3.05) is 18.8 Å². The van der Waals surface area contributed by atoms with Gasteiger partial charge in [-0.2, -0.15) is 0 Å². The van der Waals surface area contributed by atoms with Crippen LogP contribution in [0.15, 0.2) is 60.8 Å². The van der Waals surface area contributed by atoms with Crippen LogP contribution < -0.4 is 0 Å². The molecule has 2 heterocycles. The van der Waals surface area contributed by atoms with Gasteiger partial charge < -0.3 is 9.88 Å². The Balaban J connectivity index is 1.31. The lowest BCUT2D eigenvalue weighted by atomic mass is 9.96. The third kappa shape index (κ3) is 3.96. The van der Waals surface area contributed by atoms with Crippen LogP contribution in [0.3, 0.4) is 0 Å². The van der Waals surface area contributed by atoms with Crippen molar-refractivity contribution in [1.29, 1.82) is 0 Å². The van der Waals surface area contributed by atoms with E-state index in [2.05, 4.69) is 66.6 Å². The molecular weight excluding hydrogens is 352 g/mol. The van der Waals surface area contributed by atoms with E-state index in [0.29, 0.717) is 5.75 Å². The highest BCUT2D eigenvalue weighted by molar-refractivity contribution is 7.99. The molecule has 27 heavy (non-hydrogen) atoms. The van der Waals surface area contributed by atoms with Gasteiger partial charge in [-0.15, -0.1) is 11.8 Å². The van der Waals surface area contributed by atoms with Crippen LogP contribution in [0.1, 0.15) is 23.1 Å². The Morgan fingerprint density at radius 3 is 2.78 bits per heavy atom. The van der Waals surface area contributed by atoms with Gasteiger partial charge in [-0.05, 0) is 41.7 Å². The number of H-pyrrole nitrogens is 1. The number of para-hydroxylation sites is 1. The molecule has 0 unspecified atom stereocenters. The number of aromatic nitrogens is 1. The molecule has 3 aromatic rings. The van der Waals surface area contributed by atoms with Gasteiger partial charge in [-0.25, -0.2) is 0 Å². The highest BCUT2D eigenvalue weighted by Gasteiger charge is 2.18. The highest BCUT2D eigenvalue weighted by Crippen LogP contribution is 2.26. The molecule has 1 aromatic heterocycles. The van der Waals surface area contributed by atoms with Gasteiger partial charge in [0.25, 0.3) is 0 Å². The largest absolute Gasteiger partial charge is 0.361 e. The Labute approximate surface area is 164 Å². The van der Waals surface area contributed by atoms with Crippen molar-refractivity contribution in [2.24, 2.45) is 0 Å². The number of fused-ring (bicyclic) bond motifs is 1. The third-order valence-electron chi connectivity index (χ3n) is 5.21. The Hall–Kier alpha value is -2.46. The molecule has 138 valence electrons. The molecule has 0 fully saturated rings. The monoisotopic (exact) mass is 376 g/mol. The number of rotatable bonds is 5. The maximum Gasteiger partial charge on any atom is 0.232 e. The molecule has 4 heteroatoms.